The van der Waals surface area contributed by atoms with Gasteiger partial charge in [0.1, 0.15) is 5.75 Å². The lowest BCUT2D eigenvalue weighted by atomic mass is 9.99. The monoisotopic (exact) mass is 380 g/mol. The zero-order chi connectivity index (χ0) is 16.2. The molecule has 0 radical (unpaired) electrons. The van der Waals surface area contributed by atoms with Crippen molar-refractivity contribution in [3.63, 3.8) is 0 Å². The lowest BCUT2D eigenvalue weighted by molar-refractivity contribution is -0.274. The number of ether oxygens (including phenoxy) is 1. The van der Waals surface area contributed by atoms with Crippen LogP contribution in [0.1, 0.15) is 31.4 Å². The standard InChI is InChI=1S/C15H20BrF3N2O/c1-2-3-14(21-6-4-20-5-7-21)11-8-12(16)10-13(9-11)22-15(17,18)19/h8-10,14,20H,2-7H2,1H3/t14-/m0/s1. The van der Waals surface area contributed by atoms with Gasteiger partial charge in [-0.05, 0) is 30.2 Å². The van der Waals surface area contributed by atoms with Gasteiger partial charge >= 0.3 is 6.36 Å². The van der Waals surface area contributed by atoms with E-state index in [-0.39, 0.29) is 11.8 Å². The van der Waals surface area contributed by atoms with E-state index in [4.69, 9.17) is 0 Å². The number of alkyl halides is 3. The minimum absolute atomic E-state index is 0.111. The Balaban J connectivity index is 2.26. The van der Waals surface area contributed by atoms with Crippen LogP contribution >= 0.6 is 15.9 Å². The molecule has 22 heavy (non-hydrogen) atoms. The first-order valence-electron chi connectivity index (χ1n) is 7.40. The quantitative estimate of drug-likeness (QED) is 0.832. The average Bonchev–Trinajstić information content (AvgIpc) is 2.43. The van der Waals surface area contributed by atoms with Crippen LogP contribution in [0, 0.1) is 0 Å². The fourth-order valence-corrected chi connectivity index (χ4v) is 3.29. The maximum absolute atomic E-state index is 12.5. The van der Waals surface area contributed by atoms with Gasteiger partial charge in [0.05, 0.1) is 0 Å². The lowest BCUT2D eigenvalue weighted by Gasteiger charge is -2.35. The van der Waals surface area contributed by atoms with Gasteiger partial charge in [0.25, 0.3) is 0 Å². The van der Waals surface area contributed by atoms with Crippen molar-refractivity contribution in [1.82, 2.24) is 10.2 Å². The fraction of sp³-hybridized carbons (Fsp3) is 0.600. The van der Waals surface area contributed by atoms with E-state index in [0.29, 0.717) is 4.47 Å². The van der Waals surface area contributed by atoms with Crippen molar-refractivity contribution < 1.29 is 17.9 Å². The topological polar surface area (TPSA) is 24.5 Å². The average molecular weight is 381 g/mol. The Morgan fingerprint density at radius 2 is 1.95 bits per heavy atom. The molecule has 0 saturated carbocycles. The number of nitrogens with one attached hydrogen (secondary N) is 1. The highest BCUT2D eigenvalue weighted by Crippen LogP contribution is 2.33. The van der Waals surface area contributed by atoms with Crippen molar-refractivity contribution in [3.8, 4) is 5.75 Å². The molecule has 0 spiro atoms. The third-order valence-electron chi connectivity index (χ3n) is 3.67. The SMILES string of the molecule is CCC[C@@H](c1cc(Br)cc(OC(F)(F)F)c1)N1CCNCC1. The van der Waals surface area contributed by atoms with Crippen LogP contribution in [-0.2, 0) is 0 Å². The molecule has 1 heterocycles. The molecule has 3 nitrogen and oxygen atoms in total. The summed E-state index contributed by atoms with van der Waals surface area (Å²) in [5.74, 6) is -0.173. The first-order chi connectivity index (χ1) is 10.4. The second-order valence-corrected chi connectivity index (χ2v) is 6.27. The first kappa shape index (κ1) is 17.6. The first-order valence-corrected chi connectivity index (χ1v) is 8.19. The van der Waals surface area contributed by atoms with Crippen LogP contribution in [0.3, 0.4) is 0 Å². The van der Waals surface area contributed by atoms with Gasteiger partial charge in [0.2, 0.25) is 0 Å². The maximum atomic E-state index is 12.5. The zero-order valence-electron chi connectivity index (χ0n) is 12.4. The smallest absolute Gasteiger partial charge is 0.406 e. The number of benzene rings is 1. The van der Waals surface area contributed by atoms with E-state index in [1.54, 1.807) is 0 Å². The number of hydrogen-bond donors (Lipinski definition) is 1. The molecule has 1 aliphatic rings. The number of nitrogens with zero attached hydrogens (tertiary/aromatic N) is 1. The molecule has 1 aromatic carbocycles. The number of piperazine rings is 1. The number of rotatable bonds is 5. The summed E-state index contributed by atoms with van der Waals surface area (Å²) in [5.41, 5.74) is 0.859. The van der Waals surface area contributed by atoms with Gasteiger partial charge in [0, 0.05) is 36.7 Å². The van der Waals surface area contributed by atoms with Crippen LogP contribution < -0.4 is 10.1 Å². The summed E-state index contributed by atoms with van der Waals surface area (Å²) in [6, 6.07) is 4.84. The summed E-state index contributed by atoms with van der Waals surface area (Å²) in [7, 11) is 0. The van der Waals surface area contributed by atoms with Gasteiger partial charge in [-0.1, -0.05) is 29.3 Å². The van der Waals surface area contributed by atoms with Gasteiger partial charge < -0.3 is 10.1 Å². The number of halogens is 4. The van der Waals surface area contributed by atoms with Crippen LogP contribution in [0.25, 0.3) is 0 Å². The molecule has 0 amide bonds. The summed E-state index contributed by atoms with van der Waals surface area (Å²) in [5, 5.41) is 3.29. The maximum Gasteiger partial charge on any atom is 0.573 e. The Morgan fingerprint density at radius 3 is 2.55 bits per heavy atom. The van der Waals surface area contributed by atoms with Gasteiger partial charge in [-0.3, -0.25) is 4.90 Å². The Morgan fingerprint density at radius 1 is 1.27 bits per heavy atom. The van der Waals surface area contributed by atoms with E-state index < -0.39 is 6.36 Å². The fourth-order valence-electron chi connectivity index (χ4n) is 2.80. The summed E-state index contributed by atoms with van der Waals surface area (Å²) in [6.45, 7) is 5.68. The third kappa shape index (κ3) is 5.14. The van der Waals surface area contributed by atoms with E-state index in [2.05, 4.69) is 37.8 Å². The van der Waals surface area contributed by atoms with Crippen molar-refractivity contribution >= 4 is 15.9 Å². The minimum Gasteiger partial charge on any atom is -0.406 e. The van der Waals surface area contributed by atoms with E-state index in [1.165, 1.54) is 12.1 Å². The van der Waals surface area contributed by atoms with Gasteiger partial charge in [-0.2, -0.15) is 0 Å². The highest BCUT2D eigenvalue weighted by atomic mass is 79.9. The van der Waals surface area contributed by atoms with Crippen LogP contribution in [0.2, 0.25) is 0 Å². The van der Waals surface area contributed by atoms with Crippen molar-refractivity contribution in [2.75, 3.05) is 26.2 Å². The van der Waals surface area contributed by atoms with Crippen LogP contribution in [0.5, 0.6) is 5.75 Å². The molecule has 0 aromatic heterocycles. The molecule has 2 rings (SSSR count). The Labute approximate surface area is 136 Å². The summed E-state index contributed by atoms with van der Waals surface area (Å²) in [6.07, 6.45) is -2.80. The normalized spacial score (nSPS) is 18.2. The Kier molecular flexibility index (Phi) is 6.11. The second kappa shape index (κ2) is 7.66. The molecule has 124 valence electrons. The number of hydrogen-bond acceptors (Lipinski definition) is 3. The van der Waals surface area contributed by atoms with Gasteiger partial charge in [-0.15, -0.1) is 13.2 Å². The second-order valence-electron chi connectivity index (χ2n) is 5.36. The summed E-state index contributed by atoms with van der Waals surface area (Å²) in [4.78, 5) is 2.32. The molecule has 1 N–H and O–H groups in total. The van der Waals surface area contributed by atoms with Gasteiger partial charge in [0.15, 0.2) is 0 Å². The molecule has 0 bridgehead atoms. The predicted molar refractivity (Wildman–Crippen MR) is 82.9 cm³/mol. The summed E-state index contributed by atoms with van der Waals surface area (Å²) >= 11 is 3.29. The third-order valence-corrected chi connectivity index (χ3v) is 4.12. The predicted octanol–water partition coefficient (Wildman–Crippen LogP) is 4.09. The Hall–Kier alpha value is -0.790. The van der Waals surface area contributed by atoms with E-state index in [1.807, 2.05) is 6.07 Å². The van der Waals surface area contributed by atoms with Crippen molar-refractivity contribution in [1.29, 1.82) is 0 Å². The van der Waals surface area contributed by atoms with Crippen LogP contribution in [0.4, 0.5) is 13.2 Å². The lowest BCUT2D eigenvalue weighted by Crippen LogP contribution is -2.45. The zero-order valence-corrected chi connectivity index (χ0v) is 14.0. The molecular weight excluding hydrogens is 361 g/mol. The van der Waals surface area contributed by atoms with Crippen LogP contribution in [-0.4, -0.2) is 37.4 Å². The van der Waals surface area contributed by atoms with E-state index in [9.17, 15) is 13.2 Å². The largest absolute Gasteiger partial charge is 0.573 e. The highest BCUT2D eigenvalue weighted by Gasteiger charge is 2.32. The minimum atomic E-state index is -4.67. The van der Waals surface area contributed by atoms with Crippen molar-refractivity contribution in [3.05, 3.63) is 28.2 Å². The molecule has 7 heteroatoms. The van der Waals surface area contributed by atoms with Crippen molar-refractivity contribution in [2.45, 2.75) is 32.2 Å². The Bertz CT molecular complexity index is 490. The van der Waals surface area contributed by atoms with Crippen LogP contribution in [0.15, 0.2) is 22.7 Å². The highest BCUT2D eigenvalue weighted by molar-refractivity contribution is 9.10. The molecule has 0 unspecified atom stereocenters. The molecular formula is C15H20BrF3N2O. The van der Waals surface area contributed by atoms with Crippen molar-refractivity contribution in [2.24, 2.45) is 0 Å². The summed E-state index contributed by atoms with van der Waals surface area (Å²) < 4.78 is 42.0. The van der Waals surface area contributed by atoms with E-state index >= 15 is 0 Å². The molecule has 1 aliphatic heterocycles. The molecule has 1 saturated heterocycles. The van der Waals surface area contributed by atoms with Gasteiger partial charge in [-0.25, -0.2) is 0 Å². The molecule has 0 aliphatic carbocycles. The molecule has 1 atom stereocenters. The molecule has 1 aromatic rings. The van der Waals surface area contributed by atoms with E-state index in [0.717, 1.165) is 44.6 Å². The molecule has 1 fully saturated rings.